The minimum absolute atomic E-state index is 0.214. The number of carbonyl (C=O) groups excluding carboxylic acids is 2. The standard InChI is InChI=1S/C18H23N5O3S2/c1-26-12-15-21-22-17(28-15)20-16(24)14(11-13-5-3-2-4-6-13)19-18(25)23-7-9-27-10-8-23/h2-6,14H,7-12H2,1H3,(H,19,25)(H,20,22,24)/t14-/m0/s1. The van der Waals surface area contributed by atoms with Crippen molar-refractivity contribution >= 4 is 40.2 Å². The number of ether oxygens (including phenoxy) is 1. The van der Waals surface area contributed by atoms with Crippen LogP contribution in [0.25, 0.3) is 0 Å². The zero-order valence-corrected chi connectivity index (χ0v) is 17.2. The average molecular weight is 422 g/mol. The highest BCUT2D eigenvalue weighted by atomic mass is 32.2. The van der Waals surface area contributed by atoms with Gasteiger partial charge in [0, 0.05) is 38.1 Å². The Balaban J connectivity index is 1.68. The Kier molecular flexibility index (Phi) is 7.63. The van der Waals surface area contributed by atoms with Crippen LogP contribution < -0.4 is 10.6 Å². The Morgan fingerprint density at radius 3 is 2.68 bits per heavy atom. The maximum Gasteiger partial charge on any atom is 0.318 e. The molecule has 1 atom stereocenters. The normalized spacial score (nSPS) is 15.1. The summed E-state index contributed by atoms with van der Waals surface area (Å²) in [5.41, 5.74) is 0.967. The monoisotopic (exact) mass is 421 g/mol. The molecule has 1 aliphatic heterocycles. The smallest absolute Gasteiger partial charge is 0.318 e. The minimum Gasteiger partial charge on any atom is -0.377 e. The summed E-state index contributed by atoms with van der Waals surface area (Å²) < 4.78 is 5.02. The van der Waals surface area contributed by atoms with E-state index in [1.807, 2.05) is 42.1 Å². The summed E-state index contributed by atoms with van der Waals surface area (Å²) in [5, 5.41) is 14.6. The molecule has 8 nitrogen and oxygen atoms in total. The number of carbonyl (C=O) groups is 2. The number of thioether (sulfide) groups is 1. The van der Waals surface area contributed by atoms with E-state index in [-0.39, 0.29) is 11.9 Å². The van der Waals surface area contributed by atoms with Gasteiger partial charge in [0.25, 0.3) is 0 Å². The maximum absolute atomic E-state index is 12.9. The van der Waals surface area contributed by atoms with E-state index in [0.29, 0.717) is 36.3 Å². The van der Waals surface area contributed by atoms with Crippen molar-refractivity contribution in [2.45, 2.75) is 19.1 Å². The van der Waals surface area contributed by atoms with Gasteiger partial charge >= 0.3 is 6.03 Å². The molecule has 0 unspecified atom stereocenters. The predicted molar refractivity (Wildman–Crippen MR) is 111 cm³/mol. The Morgan fingerprint density at radius 2 is 1.96 bits per heavy atom. The zero-order chi connectivity index (χ0) is 19.8. The van der Waals surface area contributed by atoms with E-state index in [0.717, 1.165) is 17.1 Å². The molecule has 2 N–H and O–H groups in total. The lowest BCUT2D eigenvalue weighted by atomic mass is 10.1. The van der Waals surface area contributed by atoms with E-state index in [2.05, 4.69) is 20.8 Å². The van der Waals surface area contributed by atoms with Crippen LogP contribution in [0.2, 0.25) is 0 Å². The van der Waals surface area contributed by atoms with E-state index < -0.39 is 6.04 Å². The van der Waals surface area contributed by atoms with Crippen LogP contribution in [0.1, 0.15) is 10.6 Å². The second-order valence-electron chi connectivity index (χ2n) is 6.21. The second-order valence-corrected chi connectivity index (χ2v) is 8.50. The first-order valence-corrected chi connectivity index (χ1v) is 10.9. The fourth-order valence-electron chi connectivity index (χ4n) is 2.74. The number of urea groups is 1. The molecule has 3 amide bonds. The molecule has 3 rings (SSSR count). The number of amides is 3. The first-order valence-electron chi connectivity index (χ1n) is 8.95. The summed E-state index contributed by atoms with van der Waals surface area (Å²) in [6, 6.07) is 8.69. The molecule has 2 aromatic rings. The highest BCUT2D eigenvalue weighted by Gasteiger charge is 2.26. The summed E-state index contributed by atoms with van der Waals surface area (Å²) in [6.07, 6.45) is 0.394. The van der Waals surface area contributed by atoms with Gasteiger partial charge in [0.05, 0.1) is 0 Å². The largest absolute Gasteiger partial charge is 0.377 e. The minimum atomic E-state index is -0.709. The van der Waals surface area contributed by atoms with Gasteiger partial charge in [-0.25, -0.2) is 4.79 Å². The summed E-state index contributed by atoms with van der Waals surface area (Å²) in [4.78, 5) is 27.2. The summed E-state index contributed by atoms with van der Waals surface area (Å²) in [7, 11) is 1.57. The molecule has 0 saturated carbocycles. The number of hydrogen-bond donors (Lipinski definition) is 2. The molecule has 10 heteroatoms. The molecular formula is C18H23N5O3S2. The van der Waals surface area contributed by atoms with E-state index in [1.54, 1.807) is 12.0 Å². The Bertz CT molecular complexity index is 781. The molecule has 2 heterocycles. The lowest BCUT2D eigenvalue weighted by molar-refractivity contribution is -0.118. The third-order valence-corrected chi connectivity index (χ3v) is 5.91. The first kappa shape index (κ1) is 20.6. The molecule has 1 aliphatic rings. The van der Waals surface area contributed by atoms with E-state index in [1.165, 1.54) is 11.3 Å². The Hall–Kier alpha value is -2.17. The molecule has 0 spiro atoms. The van der Waals surface area contributed by atoms with Crippen molar-refractivity contribution in [1.29, 1.82) is 0 Å². The Labute approximate surface area is 172 Å². The lowest BCUT2D eigenvalue weighted by Crippen LogP contribution is -2.52. The molecule has 1 aromatic carbocycles. The van der Waals surface area contributed by atoms with Gasteiger partial charge in [-0.1, -0.05) is 41.7 Å². The predicted octanol–water partition coefficient (Wildman–Crippen LogP) is 1.99. The molecule has 0 aliphatic carbocycles. The van der Waals surface area contributed by atoms with Crippen LogP contribution in [0.4, 0.5) is 9.93 Å². The Morgan fingerprint density at radius 1 is 1.21 bits per heavy atom. The molecule has 1 fully saturated rings. The average Bonchev–Trinajstić information content (AvgIpc) is 3.16. The summed E-state index contributed by atoms with van der Waals surface area (Å²) >= 11 is 3.08. The molecule has 0 radical (unpaired) electrons. The molecule has 0 bridgehead atoms. The fraction of sp³-hybridized carbons (Fsp3) is 0.444. The van der Waals surface area contributed by atoms with Crippen molar-refractivity contribution in [2.75, 3.05) is 37.0 Å². The third kappa shape index (κ3) is 5.91. The number of nitrogens with zero attached hydrogens (tertiary/aromatic N) is 3. The van der Waals surface area contributed by atoms with E-state index in [9.17, 15) is 9.59 Å². The van der Waals surface area contributed by atoms with Gasteiger partial charge in [-0.3, -0.25) is 10.1 Å². The number of nitrogens with one attached hydrogen (secondary N) is 2. The molecule has 28 heavy (non-hydrogen) atoms. The number of aromatic nitrogens is 2. The van der Waals surface area contributed by atoms with Gasteiger partial charge in [0.1, 0.15) is 17.7 Å². The van der Waals surface area contributed by atoms with Gasteiger partial charge in [-0.2, -0.15) is 11.8 Å². The van der Waals surface area contributed by atoms with Gasteiger partial charge in [0.2, 0.25) is 11.0 Å². The SMILES string of the molecule is COCc1nnc(NC(=O)[C@H](Cc2ccccc2)NC(=O)N2CCSCC2)s1. The molecule has 150 valence electrons. The van der Waals surface area contributed by atoms with Gasteiger partial charge in [-0.15, -0.1) is 10.2 Å². The quantitative estimate of drug-likeness (QED) is 0.710. The van der Waals surface area contributed by atoms with Crippen LogP contribution in [0.5, 0.6) is 0 Å². The number of benzene rings is 1. The van der Waals surface area contributed by atoms with Gasteiger partial charge < -0.3 is 15.0 Å². The molecule has 1 aromatic heterocycles. The highest BCUT2D eigenvalue weighted by Crippen LogP contribution is 2.17. The van der Waals surface area contributed by atoms with E-state index >= 15 is 0 Å². The number of hydrogen-bond acceptors (Lipinski definition) is 7. The van der Waals surface area contributed by atoms with Crippen LogP contribution >= 0.6 is 23.1 Å². The summed E-state index contributed by atoms with van der Waals surface area (Å²) in [5.74, 6) is 1.51. The topological polar surface area (TPSA) is 96.5 Å². The number of anilines is 1. The van der Waals surface area contributed by atoms with Crippen molar-refractivity contribution in [1.82, 2.24) is 20.4 Å². The second kappa shape index (κ2) is 10.4. The zero-order valence-electron chi connectivity index (χ0n) is 15.6. The van der Waals surface area contributed by atoms with Crippen LogP contribution in [0, 0.1) is 0 Å². The van der Waals surface area contributed by atoms with Crippen LogP contribution in [-0.2, 0) is 22.6 Å². The van der Waals surface area contributed by atoms with Crippen LogP contribution in [0.3, 0.4) is 0 Å². The highest BCUT2D eigenvalue weighted by molar-refractivity contribution is 7.99. The first-order chi connectivity index (χ1) is 13.7. The molecular weight excluding hydrogens is 398 g/mol. The number of rotatable bonds is 7. The van der Waals surface area contributed by atoms with Gasteiger partial charge in [-0.05, 0) is 5.56 Å². The molecule has 1 saturated heterocycles. The third-order valence-electron chi connectivity index (χ3n) is 4.16. The lowest BCUT2D eigenvalue weighted by Gasteiger charge is -2.28. The van der Waals surface area contributed by atoms with Crippen molar-refractivity contribution in [3.63, 3.8) is 0 Å². The number of methoxy groups -OCH3 is 1. The maximum atomic E-state index is 12.9. The van der Waals surface area contributed by atoms with Gasteiger partial charge in [0.15, 0.2) is 0 Å². The van der Waals surface area contributed by atoms with Crippen molar-refractivity contribution in [2.24, 2.45) is 0 Å². The summed E-state index contributed by atoms with van der Waals surface area (Å²) in [6.45, 7) is 1.71. The fourth-order valence-corrected chi connectivity index (χ4v) is 4.36. The van der Waals surface area contributed by atoms with Crippen molar-refractivity contribution in [3.05, 3.63) is 40.9 Å². The van der Waals surface area contributed by atoms with Crippen LogP contribution in [-0.4, -0.2) is 64.8 Å². The van der Waals surface area contributed by atoms with E-state index in [4.69, 9.17) is 4.74 Å². The van der Waals surface area contributed by atoms with Crippen molar-refractivity contribution < 1.29 is 14.3 Å². The van der Waals surface area contributed by atoms with Crippen molar-refractivity contribution in [3.8, 4) is 0 Å². The van der Waals surface area contributed by atoms with Crippen LogP contribution in [0.15, 0.2) is 30.3 Å².